The Balaban J connectivity index is 2.09. The number of aryl methyl sites for hydroxylation is 1. The van der Waals surface area contributed by atoms with Crippen LogP contribution in [0.15, 0.2) is 43.0 Å². The zero-order chi connectivity index (χ0) is 13.0. The zero-order valence-corrected chi connectivity index (χ0v) is 10.5. The number of rotatable bonds is 3. The lowest BCUT2D eigenvalue weighted by atomic mass is 10.1. The van der Waals surface area contributed by atoms with E-state index in [4.69, 9.17) is 0 Å². The number of amides is 1. The number of hydrogen-bond acceptors (Lipinski definition) is 3. The molecule has 92 valence electrons. The van der Waals surface area contributed by atoms with Gasteiger partial charge in [-0.3, -0.25) is 4.79 Å². The lowest BCUT2D eigenvalue weighted by molar-refractivity contribution is 0.0784. The van der Waals surface area contributed by atoms with E-state index in [1.54, 1.807) is 11.9 Å². The van der Waals surface area contributed by atoms with Crippen molar-refractivity contribution < 1.29 is 4.79 Å². The van der Waals surface area contributed by atoms with Gasteiger partial charge in [-0.05, 0) is 12.5 Å². The Morgan fingerprint density at radius 2 is 2.00 bits per heavy atom. The lowest BCUT2D eigenvalue weighted by Crippen LogP contribution is -2.26. The van der Waals surface area contributed by atoms with Crippen molar-refractivity contribution in [2.45, 2.75) is 13.5 Å². The van der Waals surface area contributed by atoms with Gasteiger partial charge in [-0.1, -0.05) is 29.8 Å². The molecule has 18 heavy (non-hydrogen) atoms. The molecule has 1 aromatic heterocycles. The lowest BCUT2D eigenvalue weighted by Gasteiger charge is -2.17. The Hall–Kier alpha value is -2.23. The number of hydrogen-bond donors (Lipinski definition) is 0. The molecule has 0 fully saturated rings. The maximum absolute atomic E-state index is 12.1. The fourth-order valence-corrected chi connectivity index (χ4v) is 1.79. The summed E-state index contributed by atoms with van der Waals surface area (Å²) in [6, 6.07) is 8.12. The molecule has 4 heteroatoms. The van der Waals surface area contributed by atoms with Gasteiger partial charge in [0.2, 0.25) is 0 Å². The molecule has 0 radical (unpaired) electrons. The topological polar surface area (TPSA) is 46.1 Å². The first kappa shape index (κ1) is 12.2. The third-order valence-corrected chi connectivity index (χ3v) is 2.66. The van der Waals surface area contributed by atoms with Crippen LogP contribution in [-0.2, 0) is 6.54 Å². The molecule has 0 aliphatic carbocycles. The average molecular weight is 241 g/mol. The summed E-state index contributed by atoms with van der Waals surface area (Å²) in [6.45, 7) is 2.62. The minimum absolute atomic E-state index is 0.0721. The van der Waals surface area contributed by atoms with Crippen molar-refractivity contribution in [3.05, 3.63) is 59.7 Å². The standard InChI is InChI=1S/C14H15N3O/c1-11-4-3-5-12(6-11)9-17(2)14(18)13-7-15-10-16-8-13/h3-8,10H,9H2,1-2H3. The largest absolute Gasteiger partial charge is 0.337 e. The maximum Gasteiger partial charge on any atom is 0.257 e. The summed E-state index contributed by atoms with van der Waals surface area (Å²) in [5, 5.41) is 0. The molecule has 1 heterocycles. The smallest absolute Gasteiger partial charge is 0.257 e. The minimum Gasteiger partial charge on any atom is -0.337 e. The van der Waals surface area contributed by atoms with Crippen LogP contribution >= 0.6 is 0 Å². The number of aromatic nitrogens is 2. The first-order valence-corrected chi connectivity index (χ1v) is 5.73. The van der Waals surface area contributed by atoms with Crippen LogP contribution in [0.4, 0.5) is 0 Å². The molecule has 1 amide bonds. The second kappa shape index (κ2) is 5.40. The molecule has 2 aromatic rings. The molecule has 1 aromatic carbocycles. The van der Waals surface area contributed by atoms with Gasteiger partial charge in [-0.15, -0.1) is 0 Å². The first-order chi connectivity index (χ1) is 8.66. The van der Waals surface area contributed by atoms with Gasteiger partial charge in [-0.25, -0.2) is 9.97 Å². The summed E-state index contributed by atoms with van der Waals surface area (Å²) >= 11 is 0. The van der Waals surface area contributed by atoms with Gasteiger partial charge in [0, 0.05) is 26.0 Å². The predicted octanol–water partition coefficient (Wildman–Crippen LogP) is 2.06. The second-order valence-electron chi connectivity index (χ2n) is 4.28. The molecular weight excluding hydrogens is 226 g/mol. The molecule has 0 N–H and O–H groups in total. The van der Waals surface area contributed by atoms with Crippen LogP contribution in [0.25, 0.3) is 0 Å². The van der Waals surface area contributed by atoms with E-state index < -0.39 is 0 Å². The van der Waals surface area contributed by atoms with Gasteiger partial charge in [-0.2, -0.15) is 0 Å². The van der Waals surface area contributed by atoms with Crippen molar-refractivity contribution in [3.63, 3.8) is 0 Å². The van der Waals surface area contributed by atoms with Crippen molar-refractivity contribution in [1.82, 2.24) is 14.9 Å². The van der Waals surface area contributed by atoms with Gasteiger partial charge in [0.25, 0.3) is 5.91 Å². The zero-order valence-electron chi connectivity index (χ0n) is 10.5. The number of nitrogens with zero attached hydrogens (tertiary/aromatic N) is 3. The quantitative estimate of drug-likeness (QED) is 0.826. The highest BCUT2D eigenvalue weighted by atomic mass is 16.2. The van der Waals surface area contributed by atoms with E-state index in [-0.39, 0.29) is 5.91 Å². The summed E-state index contributed by atoms with van der Waals surface area (Å²) in [7, 11) is 1.78. The molecule has 0 saturated carbocycles. The Kier molecular flexibility index (Phi) is 3.67. The van der Waals surface area contributed by atoms with E-state index in [1.165, 1.54) is 24.3 Å². The number of carbonyl (C=O) groups excluding carboxylic acids is 1. The monoisotopic (exact) mass is 241 g/mol. The summed E-state index contributed by atoms with van der Waals surface area (Å²) in [5.41, 5.74) is 2.81. The van der Waals surface area contributed by atoms with E-state index >= 15 is 0 Å². The first-order valence-electron chi connectivity index (χ1n) is 5.73. The van der Waals surface area contributed by atoms with Crippen molar-refractivity contribution >= 4 is 5.91 Å². The fraction of sp³-hybridized carbons (Fsp3) is 0.214. The van der Waals surface area contributed by atoms with E-state index in [1.807, 2.05) is 25.1 Å². The maximum atomic E-state index is 12.1. The van der Waals surface area contributed by atoms with Crippen LogP contribution in [0.1, 0.15) is 21.5 Å². The van der Waals surface area contributed by atoms with Gasteiger partial charge in [0.15, 0.2) is 0 Å². The molecule has 0 aliphatic rings. The number of carbonyl (C=O) groups is 1. The van der Waals surface area contributed by atoms with Crippen LogP contribution in [0, 0.1) is 6.92 Å². The third-order valence-electron chi connectivity index (χ3n) is 2.66. The van der Waals surface area contributed by atoms with Crippen molar-refractivity contribution in [1.29, 1.82) is 0 Å². The van der Waals surface area contributed by atoms with Crippen molar-refractivity contribution in [3.8, 4) is 0 Å². The Morgan fingerprint density at radius 3 is 2.67 bits per heavy atom. The van der Waals surface area contributed by atoms with Crippen LogP contribution < -0.4 is 0 Å². The highest BCUT2D eigenvalue weighted by Gasteiger charge is 2.12. The highest BCUT2D eigenvalue weighted by molar-refractivity contribution is 5.93. The predicted molar refractivity (Wildman–Crippen MR) is 69.0 cm³/mol. The highest BCUT2D eigenvalue weighted by Crippen LogP contribution is 2.08. The van der Waals surface area contributed by atoms with E-state index in [2.05, 4.69) is 16.0 Å². The molecule has 0 saturated heterocycles. The molecule has 0 atom stereocenters. The van der Waals surface area contributed by atoms with E-state index in [0.717, 1.165) is 5.56 Å². The van der Waals surface area contributed by atoms with Crippen LogP contribution in [-0.4, -0.2) is 27.8 Å². The Labute approximate surface area is 106 Å². The summed E-state index contributed by atoms with van der Waals surface area (Å²) in [4.78, 5) is 21.4. The van der Waals surface area contributed by atoms with E-state index in [9.17, 15) is 4.79 Å². The summed E-state index contributed by atoms with van der Waals surface area (Å²) in [5.74, 6) is -0.0721. The Bertz CT molecular complexity index is 540. The number of benzene rings is 1. The summed E-state index contributed by atoms with van der Waals surface area (Å²) in [6.07, 6.45) is 4.47. The molecular formula is C14H15N3O. The molecule has 4 nitrogen and oxygen atoms in total. The minimum atomic E-state index is -0.0721. The van der Waals surface area contributed by atoms with Gasteiger partial charge in [0.05, 0.1) is 5.56 Å². The van der Waals surface area contributed by atoms with Gasteiger partial charge in [0.1, 0.15) is 6.33 Å². The van der Waals surface area contributed by atoms with Crippen LogP contribution in [0.3, 0.4) is 0 Å². The molecule has 0 spiro atoms. The normalized spacial score (nSPS) is 10.1. The van der Waals surface area contributed by atoms with Gasteiger partial charge >= 0.3 is 0 Å². The molecule has 0 unspecified atom stereocenters. The molecule has 2 rings (SSSR count). The van der Waals surface area contributed by atoms with Crippen molar-refractivity contribution in [2.75, 3.05) is 7.05 Å². The molecule has 0 bridgehead atoms. The second-order valence-corrected chi connectivity index (χ2v) is 4.28. The van der Waals surface area contributed by atoms with E-state index in [0.29, 0.717) is 12.1 Å². The van der Waals surface area contributed by atoms with Gasteiger partial charge < -0.3 is 4.90 Å². The molecule has 0 aliphatic heterocycles. The van der Waals surface area contributed by atoms with Crippen LogP contribution in [0.5, 0.6) is 0 Å². The Morgan fingerprint density at radius 1 is 1.28 bits per heavy atom. The van der Waals surface area contributed by atoms with Crippen LogP contribution in [0.2, 0.25) is 0 Å². The van der Waals surface area contributed by atoms with Crippen molar-refractivity contribution in [2.24, 2.45) is 0 Å². The summed E-state index contributed by atoms with van der Waals surface area (Å²) < 4.78 is 0. The fourth-order valence-electron chi connectivity index (χ4n) is 1.79. The third kappa shape index (κ3) is 2.91. The average Bonchev–Trinajstić information content (AvgIpc) is 2.39. The SMILES string of the molecule is Cc1cccc(CN(C)C(=O)c2cncnc2)c1.